The van der Waals surface area contributed by atoms with E-state index >= 15 is 0 Å². The van der Waals surface area contributed by atoms with Gasteiger partial charge in [0.15, 0.2) is 6.10 Å². The third kappa shape index (κ3) is 34.1. The highest BCUT2D eigenvalue weighted by molar-refractivity contribution is 7.45. The molecule has 1 unspecified atom stereocenters. The van der Waals surface area contributed by atoms with Gasteiger partial charge in [-0.1, -0.05) is 115 Å². The monoisotopic (exact) mass is 699 g/mol. The molecule has 48 heavy (non-hydrogen) atoms. The van der Waals surface area contributed by atoms with Crippen molar-refractivity contribution in [1.29, 1.82) is 0 Å². The van der Waals surface area contributed by atoms with Crippen LogP contribution in [0.3, 0.4) is 0 Å². The third-order valence-corrected chi connectivity index (χ3v) is 8.63. The first-order valence-electron chi connectivity index (χ1n) is 18.7. The zero-order valence-electron chi connectivity index (χ0n) is 31.2. The van der Waals surface area contributed by atoms with E-state index in [1.54, 1.807) is 0 Å². The van der Waals surface area contributed by atoms with Crippen molar-refractivity contribution >= 4 is 19.8 Å². The van der Waals surface area contributed by atoms with Crippen LogP contribution in [0.5, 0.6) is 0 Å². The van der Waals surface area contributed by atoms with Gasteiger partial charge in [-0.25, -0.2) is 0 Å². The number of hydrogen-bond donors (Lipinski definition) is 0. The number of rotatable bonds is 33. The first kappa shape index (κ1) is 46.2. The van der Waals surface area contributed by atoms with E-state index in [4.69, 9.17) is 18.5 Å². The number of phosphoric ester groups is 1. The van der Waals surface area contributed by atoms with Crippen LogP contribution in [0.15, 0.2) is 36.5 Å². The molecule has 9 nitrogen and oxygen atoms in total. The Labute approximate surface area is 293 Å². The Bertz CT molecular complexity index is 928. The van der Waals surface area contributed by atoms with Gasteiger partial charge in [0.25, 0.3) is 7.82 Å². The van der Waals surface area contributed by atoms with Crippen LogP contribution in [0.25, 0.3) is 0 Å². The Balaban J connectivity index is 4.50. The quantitative estimate of drug-likeness (QED) is 0.0219. The second-order valence-corrected chi connectivity index (χ2v) is 15.0. The first-order chi connectivity index (χ1) is 23.0. The van der Waals surface area contributed by atoms with Gasteiger partial charge in [0, 0.05) is 12.8 Å². The van der Waals surface area contributed by atoms with Crippen molar-refractivity contribution in [2.24, 2.45) is 0 Å². The molecule has 0 aromatic heterocycles. The minimum atomic E-state index is -4.62. The van der Waals surface area contributed by atoms with Gasteiger partial charge in [0.1, 0.15) is 19.8 Å². The van der Waals surface area contributed by atoms with Crippen LogP contribution < -0.4 is 4.89 Å². The third-order valence-electron chi connectivity index (χ3n) is 7.66. The molecule has 0 N–H and O–H groups in total. The lowest BCUT2D eigenvalue weighted by Gasteiger charge is -2.28. The predicted molar refractivity (Wildman–Crippen MR) is 194 cm³/mol. The SMILES string of the molecule is CCCCC/C=C/C/C=C/C/C=C/CCCCC(=O)OC[C@@H](COP(=O)([O-])OCC[N+](C)(C)C)OC(=O)CCCCCCCCCCC. The average molecular weight is 700 g/mol. The van der Waals surface area contributed by atoms with E-state index in [-0.39, 0.29) is 26.1 Å². The van der Waals surface area contributed by atoms with Gasteiger partial charge < -0.3 is 27.9 Å². The van der Waals surface area contributed by atoms with Crippen molar-refractivity contribution in [3.8, 4) is 0 Å². The lowest BCUT2D eigenvalue weighted by molar-refractivity contribution is -0.870. The van der Waals surface area contributed by atoms with Gasteiger partial charge in [-0.2, -0.15) is 0 Å². The normalized spacial score (nSPS) is 14.2. The molecule has 280 valence electrons. The fourth-order valence-electron chi connectivity index (χ4n) is 4.66. The van der Waals surface area contributed by atoms with Crippen LogP contribution in [0.2, 0.25) is 0 Å². The van der Waals surface area contributed by atoms with Crippen molar-refractivity contribution in [1.82, 2.24) is 0 Å². The van der Waals surface area contributed by atoms with Crippen molar-refractivity contribution in [2.45, 2.75) is 148 Å². The van der Waals surface area contributed by atoms with Gasteiger partial charge in [-0.3, -0.25) is 14.2 Å². The second-order valence-electron chi connectivity index (χ2n) is 13.6. The molecule has 0 aliphatic carbocycles. The lowest BCUT2D eigenvalue weighted by Crippen LogP contribution is -2.37. The summed E-state index contributed by atoms with van der Waals surface area (Å²) in [4.78, 5) is 37.2. The Morgan fingerprint density at radius 2 is 1.12 bits per heavy atom. The maximum Gasteiger partial charge on any atom is 0.306 e. The minimum Gasteiger partial charge on any atom is -0.756 e. The summed E-state index contributed by atoms with van der Waals surface area (Å²) in [5.74, 6) is -0.885. The zero-order chi connectivity index (χ0) is 35.8. The number of likely N-dealkylation sites (N-methyl/N-ethyl adjacent to an activating group) is 1. The lowest BCUT2D eigenvalue weighted by atomic mass is 10.1. The van der Waals surface area contributed by atoms with E-state index < -0.39 is 32.5 Å². The summed E-state index contributed by atoms with van der Waals surface area (Å²) in [6, 6.07) is 0. The van der Waals surface area contributed by atoms with Crippen LogP contribution in [0.4, 0.5) is 0 Å². The molecule has 2 atom stereocenters. The molecule has 0 aromatic carbocycles. The van der Waals surface area contributed by atoms with Crippen LogP contribution >= 0.6 is 7.82 Å². The molecule has 0 fully saturated rings. The number of esters is 2. The summed E-state index contributed by atoms with van der Waals surface area (Å²) in [7, 11) is 1.14. The molecular weight excluding hydrogens is 629 g/mol. The van der Waals surface area contributed by atoms with E-state index in [9.17, 15) is 19.0 Å². The highest BCUT2D eigenvalue weighted by Gasteiger charge is 2.21. The molecular formula is C38H70NO8P. The average Bonchev–Trinajstić information content (AvgIpc) is 3.02. The predicted octanol–water partition coefficient (Wildman–Crippen LogP) is 9.16. The van der Waals surface area contributed by atoms with Gasteiger partial charge in [-0.15, -0.1) is 0 Å². The molecule has 0 saturated carbocycles. The summed E-state index contributed by atoms with van der Waals surface area (Å²) < 4.78 is 33.6. The van der Waals surface area contributed by atoms with Gasteiger partial charge in [0.05, 0.1) is 27.7 Å². The van der Waals surface area contributed by atoms with Gasteiger partial charge >= 0.3 is 11.9 Å². The van der Waals surface area contributed by atoms with E-state index in [1.807, 2.05) is 21.1 Å². The van der Waals surface area contributed by atoms with E-state index in [2.05, 4.69) is 50.3 Å². The minimum absolute atomic E-state index is 0.0366. The number of unbranched alkanes of at least 4 members (excludes halogenated alkanes) is 13. The molecule has 0 bridgehead atoms. The topological polar surface area (TPSA) is 111 Å². The van der Waals surface area contributed by atoms with Crippen molar-refractivity contribution in [2.75, 3.05) is 47.5 Å². The maximum absolute atomic E-state index is 12.5. The smallest absolute Gasteiger partial charge is 0.306 e. The van der Waals surface area contributed by atoms with E-state index in [0.717, 1.165) is 51.4 Å². The molecule has 0 aliphatic heterocycles. The van der Waals surface area contributed by atoms with Crippen LogP contribution in [0, 0.1) is 0 Å². The fraction of sp³-hybridized carbons (Fsp3) is 0.789. The van der Waals surface area contributed by atoms with Crippen molar-refractivity contribution < 1.29 is 42.1 Å². The molecule has 0 saturated heterocycles. The summed E-state index contributed by atoms with van der Waals surface area (Å²) in [6.07, 6.45) is 31.8. The molecule has 10 heteroatoms. The first-order valence-corrected chi connectivity index (χ1v) is 20.2. The van der Waals surface area contributed by atoms with Crippen LogP contribution in [-0.4, -0.2) is 70.0 Å². The van der Waals surface area contributed by atoms with Crippen LogP contribution in [0.1, 0.15) is 142 Å². The van der Waals surface area contributed by atoms with Crippen LogP contribution in [-0.2, 0) is 32.7 Å². The van der Waals surface area contributed by atoms with Gasteiger partial charge in [-0.05, 0) is 51.4 Å². The number of nitrogens with zero attached hydrogens (tertiary/aromatic N) is 1. The van der Waals surface area contributed by atoms with E-state index in [1.165, 1.54) is 51.4 Å². The molecule has 0 aliphatic rings. The summed E-state index contributed by atoms with van der Waals surface area (Å²) in [5, 5.41) is 0. The molecule has 0 aromatic rings. The summed E-state index contributed by atoms with van der Waals surface area (Å²) >= 11 is 0. The second kappa shape index (κ2) is 31.2. The zero-order valence-corrected chi connectivity index (χ0v) is 32.1. The van der Waals surface area contributed by atoms with E-state index in [0.29, 0.717) is 23.9 Å². The molecule has 0 amide bonds. The van der Waals surface area contributed by atoms with Gasteiger partial charge in [0.2, 0.25) is 0 Å². The molecule has 0 radical (unpaired) electrons. The molecule has 0 heterocycles. The Hall–Kier alpha value is -1.77. The van der Waals surface area contributed by atoms with Crippen molar-refractivity contribution in [3.05, 3.63) is 36.5 Å². The number of carbonyl (C=O) groups excluding carboxylic acids is 2. The number of hydrogen-bond acceptors (Lipinski definition) is 8. The largest absolute Gasteiger partial charge is 0.756 e. The van der Waals surface area contributed by atoms with Crippen molar-refractivity contribution in [3.63, 3.8) is 0 Å². The fourth-order valence-corrected chi connectivity index (χ4v) is 5.39. The number of phosphoric acid groups is 1. The maximum atomic E-state index is 12.5. The number of carbonyl (C=O) groups is 2. The highest BCUT2D eigenvalue weighted by Crippen LogP contribution is 2.38. The Kier molecular flexibility index (Phi) is 30.1. The standard InChI is InChI=1S/C38H70NO8P/c1-6-8-10-12-14-16-17-18-19-20-21-23-24-26-28-30-37(40)44-34-36(35-46-48(42,43)45-33-32-39(3,4)5)47-38(41)31-29-27-25-22-15-13-11-9-7-2/h14,16,18-19,21,23,36H,6-13,15,17,20,22,24-35H2,1-5H3/b16-14+,19-18+,23-21+/t36-/m0/s1. The summed E-state index contributed by atoms with van der Waals surface area (Å²) in [6.45, 7) is 4.10. The Morgan fingerprint density at radius 1 is 0.646 bits per heavy atom. The Morgan fingerprint density at radius 3 is 1.71 bits per heavy atom. The molecule has 0 spiro atoms. The number of quaternary nitrogens is 1. The number of allylic oxidation sites excluding steroid dienone is 6. The number of ether oxygens (including phenoxy) is 2. The molecule has 0 rings (SSSR count). The summed E-state index contributed by atoms with van der Waals surface area (Å²) in [5.41, 5.74) is 0. The highest BCUT2D eigenvalue weighted by atomic mass is 31.2.